The van der Waals surface area contributed by atoms with Crippen LogP contribution in [0, 0.1) is 0 Å². The molecule has 25 heavy (non-hydrogen) atoms. The molecule has 0 saturated carbocycles. The highest BCUT2D eigenvalue weighted by atomic mass is 16.6. The minimum Gasteiger partial charge on any atom is -0.466 e. The van der Waals surface area contributed by atoms with E-state index in [1.54, 1.807) is 12.1 Å². The molecule has 2 aliphatic heterocycles. The van der Waals surface area contributed by atoms with E-state index >= 15 is 0 Å². The summed E-state index contributed by atoms with van der Waals surface area (Å²) in [4.78, 5) is 25.7. The van der Waals surface area contributed by atoms with Crippen LogP contribution in [0.5, 0.6) is 0 Å². The molecule has 2 aromatic rings. The number of hydrogen-bond acceptors (Lipinski definition) is 5. The molecule has 128 valence electrons. The quantitative estimate of drug-likeness (QED) is 0.496. The van der Waals surface area contributed by atoms with Crippen molar-refractivity contribution < 1.29 is 24.2 Å². The number of methoxy groups -OCH3 is 1. The summed E-state index contributed by atoms with van der Waals surface area (Å²) in [6.07, 6.45) is -1.97. The number of urea groups is 1. The minimum absolute atomic E-state index is 0.110. The van der Waals surface area contributed by atoms with Gasteiger partial charge in [0.1, 0.15) is 12.2 Å². The number of epoxide rings is 1. The van der Waals surface area contributed by atoms with Crippen LogP contribution in [0.4, 0.5) is 16.2 Å². The van der Waals surface area contributed by atoms with Gasteiger partial charge >= 0.3 is 12.0 Å². The van der Waals surface area contributed by atoms with Crippen molar-refractivity contribution in [1.82, 2.24) is 5.32 Å². The van der Waals surface area contributed by atoms with Crippen molar-refractivity contribution >= 4 is 23.4 Å². The standard InChI is InChI=1S/C18H16N2O5/c1-24-17(22)16(21)19-18(23)20-12-8-4-2-6-10(12)14-15(25-14)11-7-3-5-9-13(11)20/h2-9,14-16,21H,1H3,(H,19,23). The van der Waals surface area contributed by atoms with Gasteiger partial charge < -0.3 is 19.9 Å². The fourth-order valence-corrected chi connectivity index (χ4v) is 3.15. The van der Waals surface area contributed by atoms with Crippen LogP contribution in [-0.4, -0.2) is 30.4 Å². The van der Waals surface area contributed by atoms with Crippen LogP contribution in [-0.2, 0) is 14.3 Å². The van der Waals surface area contributed by atoms with Crippen molar-refractivity contribution in [1.29, 1.82) is 0 Å². The van der Waals surface area contributed by atoms with Crippen LogP contribution in [0.2, 0.25) is 0 Å². The van der Waals surface area contributed by atoms with Crippen LogP contribution in [0.15, 0.2) is 48.5 Å². The number of fused-ring (bicyclic) bond motifs is 5. The van der Waals surface area contributed by atoms with Gasteiger partial charge in [-0.05, 0) is 12.1 Å². The molecule has 0 radical (unpaired) electrons. The van der Waals surface area contributed by atoms with Crippen molar-refractivity contribution in [3.63, 3.8) is 0 Å². The zero-order valence-corrected chi connectivity index (χ0v) is 13.4. The van der Waals surface area contributed by atoms with Gasteiger partial charge in [0, 0.05) is 11.1 Å². The molecule has 1 saturated heterocycles. The fourth-order valence-electron chi connectivity index (χ4n) is 3.15. The number of esters is 1. The number of ether oxygens (including phenoxy) is 2. The fraction of sp³-hybridized carbons (Fsp3) is 0.222. The first-order valence-corrected chi connectivity index (χ1v) is 7.81. The van der Waals surface area contributed by atoms with E-state index in [1.807, 2.05) is 36.4 Å². The summed E-state index contributed by atoms with van der Waals surface area (Å²) in [5.41, 5.74) is 3.06. The number of anilines is 2. The monoisotopic (exact) mass is 340 g/mol. The average Bonchev–Trinajstić information content (AvgIpc) is 3.42. The molecule has 4 rings (SSSR count). The average molecular weight is 340 g/mol. The molecule has 3 unspecified atom stereocenters. The smallest absolute Gasteiger partial charge is 0.356 e. The van der Waals surface area contributed by atoms with E-state index in [9.17, 15) is 14.7 Å². The Morgan fingerprint density at radius 2 is 1.60 bits per heavy atom. The molecule has 0 spiro atoms. The Kier molecular flexibility index (Phi) is 3.67. The lowest BCUT2D eigenvalue weighted by Crippen LogP contribution is -2.47. The van der Waals surface area contributed by atoms with E-state index in [2.05, 4.69) is 10.1 Å². The van der Waals surface area contributed by atoms with Crippen molar-refractivity contribution in [2.24, 2.45) is 0 Å². The molecule has 0 aromatic heterocycles. The Labute approximate surface area is 143 Å². The second kappa shape index (κ2) is 5.87. The molecule has 1 fully saturated rings. The Morgan fingerprint density at radius 1 is 1.08 bits per heavy atom. The highest BCUT2D eigenvalue weighted by Gasteiger charge is 2.48. The maximum absolute atomic E-state index is 12.8. The summed E-state index contributed by atoms with van der Waals surface area (Å²) in [6.45, 7) is 0. The third-order valence-electron chi connectivity index (χ3n) is 4.35. The lowest BCUT2D eigenvalue weighted by Gasteiger charge is -2.26. The van der Waals surface area contributed by atoms with Gasteiger partial charge in [-0.2, -0.15) is 0 Å². The number of carbonyl (C=O) groups excluding carboxylic acids is 2. The van der Waals surface area contributed by atoms with Crippen LogP contribution in [0.25, 0.3) is 0 Å². The SMILES string of the molecule is COC(=O)C(O)NC(=O)N1c2ccccc2C2OC2c2ccccc21. The van der Waals surface area contributed by atoms with Crippen molar-refractivity contribution in [3.05, 3.63) is 59.7 Å². The first kappa shape index (κ1) is 15.6. The predicted molar refractivity (Wildman–Crippen MR) is 88.1 cm³/mol. The Hall–Kier alpha value is -2.90. The summed E-state index contributed by atoms with van der Waals surface area (Å²) >= 11 is 0. The highest BCUT2D eigenvalue weighted by Crippen LogP contribution is 2.58. The molecule has 0 aliphatic carbocycles. The lowest BCUT2D eigenvalue weighted by molar-refractivity contribution is -0.151. The van der Waals surface area contributed by atoms with E-state index < -0.39 is 18.2 Å². The molecule has 2 N–H and O–H groups in total. The van der Waals surface area contributed by atoms with Crippen molar-refractivity contribution in [2.45, 2.75) is 18.4 Å². The third-order valence-corrected chi connectivity index (χ3v) is 4.35. The third kappa shape index (κ3) is 2.54. The lowest BCUT2D eigenvalue weighted by atomic mass is 10.0. The number of hydrogen-bond donors (Lipinski definition) is 2. The molecule has 2 heterocycles. The molecule has 7 heteroatoms. The van der Waals surface area contributed by atoms with Gasteiger partial charge in [-0.3, -0.25) is 4.90 Å². The first-order chi connectivity index (χ1) is 12.1. The predicted octanol–water partition coefficient (Wildman–Crippen LogP) is 2.15. The van der Waals surface area contributed by atoms with Gasteiger partial charge in [-0.25, -0.2) is 9.59 Å². The minimum atomic E-state index is -1.74. The summed E-state index contributed by atoms with van der Waals surface area (Å²) in [5, 5.41) is 12.1. The van der Waals surface area contributed by atoms with E-state index in [1.165, 1.54) is 4.90 Å². The Bertz CT molecular complexity index is 801. The number of rotatable bonds is 2. The van der Waals surface area contributed by atoms with Gasteiger partial charge in [-0.1, -0.05) is 36.4 Å². The summed E-state index contributed by atoms with van der Waals surface area (Å²) in [6, 6.07) is 14.2. The normalized spacial score (nSPS) is 21.1. The molecule has 2 aromatic carbocycles. The summed E-state index contributed by atoms with van der Waals surface area (Å²) < 4.78 is 10.2. The number of nitrogens with zero attached hydrogens (tertiary/aromatic N) is 1. The second-order valence-corrected chi connectivity index (χ2v) is 5.81. The van der Waals surface area contributed by atoms with Crippen molar-refractivity contribution in [2.75, 3.05) is 12.0 Å². The van der Waals surface area contributed by atoms with Crippen LogP contribution >= 0.6 is 0 Å². The zero-order valence-electron chi connectivity index (χ0n) is 13.4. The molecule has 2 amide bonds. The van der Waals surface area contributed by atoms with Crippen LogP contribution in [0.3, 0.4) is 0 Å². The van der Waals surface area contributed by atoms with E-state index in [-0.39, 0.29) is 12.2 Å². The van der Waals surface area contributed by atoms with E-state index in [0.29, 0.717) is 11.4 Å². The maximum Gasteiger partial charge on any atom is 0.356 e. The molecule has 7 nitrogen and oxygen atoms in total. The van der Waals surface area contributed by atoms with Gasteiger partial charge in [0.25, 0.3) is 0 Å². The Balaban J connectivity index is 1.78. The Morgan fingerprint density at radius 3 is 2.12 bits per heavy atom. The van der Waals surface area contributed by atoms with E-state index in [4.69, 9.17) is 4.74 Å². The molecule has 3 atom stereocenters. The number of benzene rings is 2. The van der Waals surface area contributed by atoms with E-state index in [0.717, 1.165) is 18.2 Å². The zero-order chi connectivity index (χ0) is 17.6. The highest BCUT2D eigenvalue weighted by molar-refractivity contribution is 6.02. The van der Waals surface area contributed by atoms with Gasteiger partial charge in [0.15, 0.2) is 0 Å². The largest absolute Gasteiger partial charge is 0.466 e. The number of aliphatic hydroxyl groups is 1. The summed E-state index contributed by atoms with van der Waals surface area (Å²) in [5.74, 6) is -0.934. The second-order valence-electron chi connectivity index (χ2n) is 5.81. The summed E-state index contributed by atoms with van der Waals surface area (Å²) in [7, 11) is 1.14. The molecular weight excluding hydrogens is 324 g/mol. The maximum atomic E-state index is 12.8. The van der Waals surface area contributed by atoms with Crippen molar-refractivity contribution in [3.8, 4) is 0 Å². The first-order valence-electron chi connectivity index (χ1n) is 7.81. The number of para-hydroxylation sites is 2. The number of aliphatic hydroxyl groups excluding tert-OH is 1. The number of amides is 2. The molecular formula is C18H16N2O5. The van der Waals surface area contributed by atoms with Crippen LogP contribution < -0.4 is 10.2 Å². The topological polar surface area (TPSA) is 91.4 Å². The van der Waals surface area contributed by atoms with Gasteiger partial charge in [0.2, 0.25) is 6.23 Å². The van der Waals surface area contributed by atoms with Gasteiger partial charge in [0.05, 0.1) is 18.5 Å². The van der Waals surface area contributed by atoms with Gasteiger partial charge in [-0.15, -0.1) is 0 Å². The number of carbonyl (C=O) groups is 2. The molecule has 2 aliphatic rings. The molecule has 0 bridgehead atoms. The van der Waals surface area contributed by atoms with Crippen LogP contribution in [0.1, 0.15) is 23.3 Å². The number of nitrogens with one attached hydrogen (secondary N) is 1.